The molecule has 26 heavy (non-hydrogen) atoms. The second-order valence-electron chi connectivity index (χ2n) is 7.09. The molecule has 0 unspecified atom stereocenters. The molecule has 1 aromatic carbocycles. The van der Waals surface area contributed by atoms with Crippen LogP contribution in [0.15, 0.2) is 23.4 Å². The Labute approximate surface area is 155 Å². The fourth-order valence-corrected chi connectivity index (χ4v) is 2.45. The zero-order valence-electron chi connectivity index (χ0n) is 16.1. The van der Waals surface area contributed by atoms with Gasteiger partial charge in [-0.2, -0.15) is 4.91 Å². The minimum Gasteiger partial charge on any atom is -0.491 e. The van der Waals surface area contributed by atoms with Crippen LogP contribution in [0.2, 0.25) is 0 Å². The highest BCUT2D eigenvalue weighted by Crippen LogP contribution is 2.23. The first-order valence-corrected chi connectivity index (χ1v) is 8.93. The number of nitroso groups, excluding NO2 is 1. The summed E-state index contributed by atoms with van der Waals surface area (Å²) in [6.07, 6.45) is 1.76. The van der Waals surface area contributed by atoms with Gasteiger partial charge in [-0.05, 0) is 57.2 Å². The van der Waals surface area contributed by atoms with E-state index in [-0.39, 0.29) is 25.8 Å². The third-order valence-corrected chi connectivity index (χ3v) is 3.70. The predicted molar refractivity (Wildman–Crippen MR) is 100 cm³/mol. The van der Waals surface area contributed by atoms with E-state index in [0.29, 0.717) is 12.2 Å². The summed E-state index contributed by atoms with van der Waals surface area (Å²) in [4.78, 5) is 22.4. The molecule has 1 aromatic rings. The number of nitrogens with zero attached hydrogens (tertiary/aromatic N) is 1. The number of carbonyl (C=O) groups is 1. The summed E-state index contributed by atoms with van der Waals surface area (Å²) >= 11 is 0. The normalized spacial score (nSPS) is 12.3. The molecule has 0 aliphatic rings. The topological polar surface area (TPSA) is 97.2 Å². The average Bonchev–Trinajstić information content (AvgIpc) is 2.56. The third kappa shape index (κ3) is 8.29. The Morgan fingerprint density at radius 1 is 1.35 bits per heavy atom. The zero-order valence-corrected chi connectivity index (χ0v) is 16.1. The summed E-state index contributed by atoms with van der Waals surface area (Å²) in [6.45, 7) is 7.65. The van der Waals surface area contributed by atoms with Crippen molar-refractivity contribution in [2.75, 3.05) is 13.2 Å². The Bertz CT molecular complexity index is 584. The number of aliphatic hydroxyl groups is 1. The number of nitrogens with one attached hydrogen (secondary N) is 1. The molecule has 7 nitrogen and oxygen atoms in total. The second-order valence-corrected chi connectivity index (χ2v) is 7.09. The molecule has 1 atom stereocenters. The van der Waals surface area contributed by atoms with Crippen LogP contribution < -0.4 is 10.1 Å². The lowest BCUT2D eigenvalue weighted by Crippen LogP contribution is -2.39. The van der Waals surface area contributed by atoms with Gasteiger partial charge in [0, 0.05) is 6.04 Å². The van der Waals surface area contributed by atoms with Crippen molar-refractivity contribution in [2.24, 2.45) is 5.18 Å². The molecular formula is C19H30N2O5. The number of rotatable bonds is 10. The van der Waals surface area contributed by atoms with Crippen molar-refractivity contribution in [3.05, 3.63) is 34.2 Å². The molecule has 0 aliphatic heterocycles. The quantitative estimate of drug-likeness (QED) is 0.617. The number of ether oxygens (including phenoxy) is 2. The molecule has 7 heteroatoms. The van der Waals surface area contributed by atoms with Crippen molar-refractivity contribution < 1.29 is 19.4 Å². The summed E-state index contributed by atoms with van der Waals surface area (Å²) in [7, 11) is 0. The summed E-state index contributed by atoms with van der Waals surface area (Å²) in [5.74, 6) is 0.632. The van der Waals surface area contributed by atoms with E-state index in [9.17, 15) is 9.70 Å². The Hall–Kier alpha value is -2.15. The summed E-state index contributed by atoms with van der Waals surface area (Å²) in [5.41, 5.74) is 1.18. The van der Waals surface area contributed by atoms with Gasteiger partial charge in [0.05, 0.1) is 6.61 Å². The van der Waals surface area contributed by atoms with Crippen LogP contribution in [0, 0.1) is 4.91 Å². The SMILES string of the molecule is CC[C@H](CCc1ccc(CN=O)cc1OCCO)NC(=O)OC(C)(C)C. The van der Waals surface area contributed by atoms with E-state index in [0.717, 1.165) is 24.0 Å². The molecule has 0 aromatic heterocycles. The van der Waals surface area contributed by atoms with E-state index < -0.39 is 11.7 Å². The zero-order chi connectivity index (χ0) is 19.6. The highest BCUT2D eigenvalue weighted by molar-refractivity contribution is 5.68. The van der Waals surface area contributed by atoms with Gasteiger partial charge in [0.2, 0.25) is 0 Å². The molecule has 146 valence electrons. The van der Waals surface area contributed by atoms with Gasteiger partial charge in [0.15, 0.2) is 0 Å². The van der Waals surface area contributed by atoms with E-state index in [1.165, 1.54) is 0 Å². The lowest BCUT2D eigenvalue weighted by molar-refractivity contribution is 0.0500. The van der Waals surface area contributed by atoms with E-state index in [1.807, 2.05) is 39.8 Å². The van der Waals surface area contributed by atoms with Gasteiger partial charge >= 0.3 is 6.09 Å². The van der Waals surface area contributed by atoms with Crippen LogP contribution in [0.3, 0.4) is 0 Å². The van der Waals surface area contributed by atoms with Gasteiger partial charge in [-0.3, -0.25) is 0 Å². The first-order valence-electron chi connectivity index (χ1n) is 8.93. The fourth-order valence-electron chi connectivity index (χ4n) is 2.45. The van der Waals surface area contributed by atoms with Crippen molar-refractivity contribution >= 4 is 6.09 Å². The molecule has 0 saturated carbocycles. The molecule has 1 rings (SSSR count). The van der Waals surface area contributed by atoms with Crippen LogP contribution in [0.4, 0.5) is 4.79 Å². The molecule has 0 aliphatic carbocycles. The van der Waals surface area contributed by atoms with Gasteiger partial charge in [-0.1, -0.05) is 24.2 Å². The van der Waals surface area contributed by atoms with Crippen LogP contribution in [0.5, 0.6) is 5.75 Å². The molecule has 1 amide bonds. The molecule has 0 spiro atoms. The van der Waals surface area contributed by atoms with Crippen molar-refractivity contribution in [3.8, 4) is 5.75 Å². The van der Waals surface area contributed by atoms with Crippen LogP contribution in [0.25, 0.3) is 0 Å². The van der Waals surface area contributed by atoms with E-state index >= 15 is 0 Å². The number of hydrogen-bond acceptors (Lipinski definition) is 6. The molecule has 0 heterocycles. The van der Waals surface area contributed by atoms with Gasteiger partial charge in [-0.25, -0.2) is 4.79 Å². The van der Waals surface area contributed by atoms with E-state index in [1.54, 1.807) is 6.07 Å². The van der Waals surface area contributed by atoms with Crippen molar-refractivity contribution in [1.29, 1.82) is 0 Å². The second kappa shape index (κ2) is 10.8. The minimum absolute atomic E-state index is 0.0214. The molecule has 0 fully saturated rings. The Balaban J connectivity index is 2.73. The maximum atomic E-state index is 11.9. The lowest BCUT2D eigenvalue weighted by Gasteiger charge is -2.23. The Kier molecular flexibility index (Phi) is 9.05. The Morgan fingerprint density at radius 2 is 2.08 bits per heavy atom. The summed E-state index contributed by atoms with van der Waals surface area (Å²) in [5, 5.41) is 14.8. The molecule has 2 N–H and O–H groups in total. The summed E-state index contributed by atoms with van der Waals surface area (Å²) < 4.78 is 10.9. The van der Waals surface area contributed by atoms with Gasteiger partial charge in [0.25, 0.3) is 0 Å². The Morgan fingerprint density at radius 3 is 2.65 bits per heavy atom. The minimum atomic E-state index is -0.532. The number of amides is 1. The highest BCUT2D eigenvalue weighted by atomic mass is 16.6. The van der Waals surface area contributed by atoms with Crippen LogP contribution in [0.1, 0.15) is 51.7 Å². The van der Waals surface area contributed by atoms with Crippen LogP contribution >= 0.6 is 0 Å². The fraction of sp³-hybridized carbons (Fsp3) is 0.632. The molecule has 0 saturated heterocycles. The molecule has 0 bridgehead atoms. The van der Waals surface area contributed by atoms with Crippen LogP contribution in [-0.4, -0.2) is 36.1 Å². The number of benzene rings is 1. The van der Waals surface area contributed by atoms with Crippen molar-refractivity contribution in [3.63, 3.8) is 0 Å². The molecular weight excluding hydrogens is 336 g/mol. The number of alkyl carbamates (subject to hydrolysis) is 1. The van der Waals surface area contributed by atoms with Gasteiger partial charge in [-0.15, -0.1) is 0 Å². The smallest absolute Gasteiger partial charge is 0.407 e. The number of aliphatic hydroxyl groups excluding tert-OH is 1. The lowest BCUT2D eigenvalue weighted by atomic mass is 10.0. The largest absolute Gasteiger partial charge is 0.491 e. The maximum Gasteiger partial charge on any atom is 0.407 e. The van der Waals surface area contributed by atoms with E-state index in [4.69, 9.17) is 14.6 Å². The van der Waals surface area contributed by atoms with Gasteiger partial charge < -0.3 is 19.9 Å². The maximum absolute atomic E-state index is 11.9. The standard InChI is InChI=1S/C19H30N2O5/c1-5-16(21-18(23)26-19(2,3)4)9-8-15-7-6-14(13-20-24)12-17(15)25-11-10-22/h6-7,12,16,22H,5,8-11,13H2,1-4H3,(H,21,23)/t16-/m1/s1. The number of aryl methyl sites for hydroxylation is 1. The third-order valence-electron chi connectivity index (χ3n) is 3.70. The van der Waals surface area contributed by atoms with E-state index in [2.05, 4.69) is 10.5 Å². The predicted octanol–water partition coefficient (Wildman–Crippen LogP) is 3.56. The van der Waals surface area contributed by atoms with Gasteiger partial charge in [0.1, 0.15) is 24.5 Å². The van der Waals surface area contributed by atoms with Crippen LogP contribution in [-0.2, 0) is 17.7 Å². The highest BCUT2D eigenvalue weighted by Gasteiger charge is 2.19. The van der Waals surface area contributed by atoms with Crippen molar-refractivity contribution in [1.82, 2.24) is 5.32 Å². The number of hydrogen-bond donors (Lipinski definition) is 2. The molecule has 0 radical (unpaired) electrons. The monoisotopic (exact) mass is 366 g/mol. The number of carbonyl (C=O) groups excluding carboxylic acids is 1. The average molecular weight is 366 g/mol. The summed E-state index contributed by atoms with van der Waals surface area (Å²) in [6, 6.07) is 5.49. The first-order chi connectivity index (χ1) is 12.3. The first kappa shape index (κ1) is 21.9. The van der Waals surface area contributed by atoms with Crippen molar-refractivity contribution in [2.45, 2.75) is 65.1 Å².